The van der Waals surface area contributed by atoms with E-state index in [0.717, 1.165) is 19.0 Å². The maximum Gasteiger partial charge on any atom is 0.0784 e. The lowest BCUT2D eigenvalue weighted by Crippen LogP contribution is -2.39. The monoisotopic (exact) mass is 285 g/mol. The molecule has 2 N–H and O–H groups in total. The zero-order valence-electron chi connectivity index (χ0n) is 13.1. The molecule has 1 aliphatic rings. The van der Waals surface area contributed by atoms with Crippen LogP contribution in [-0.2, 0) is 0 Å². The van der Waals surface area contributed by atoms with Gasteiger partial charge in [-0.05, 0) is 52.4 Å². The fraction of sp³-hybridized carbons (Fsp3) is 0.933. The Hall–Kier alpha value is -0.190. The molecule has 0 aromatic heterocycles. The molecule has 0 radical (unpaired) electrons. The standard InChI is InChI=1S/C15H31N3S/c1-5-18-11-6-8-13(18)12-17(4)10-7-9-15(2,3)14(16)19/h13H,5-12H2,1-4H3,(H2,16,19). The van der Waals surface area contributed by atoms with Crippen molar-refractivity contribution in [2.75, 3.05) is 33.2 Å². The molecule has 1 fully saturated rings. The van der Waals surface area contributed by atoms with Crippen molar-refractivity contribution < 1.29 is 0 Å². The van der Waals surface area contributed by atoms with E-state index in [1.54, 1.807) is 0 Å². The largest absolute Gasteiger partial charge is 0.393 e. The summed E-state index contributed by atoms with van der Waals surface area (Å²) >= 11 is 5.12. The SMILES string of the molecule is CCN1CCCC1CN(C)CCCC(C)(C)C(N)=S. The van der Waals surface area contributed by atoms with Gasteiger partial charge in [0.05, 0.1) is 4.99 Å². The van der Waals surface area contributed by atoms with E-state index in [-0.39, 0.29) is 5.41 Å². The van der Waals surface area contributed by atoms with Crippen molar-refractivity contribution in [1.29, 1.82) is 0 Å². The van der Waals surface area contributed by atoms with Gasteiger partial charge in [0.2, 0.25) is 0 Å². The van der Waals surface area contributed by atoms with Gasteiger partial charge in [-0.15, -0.1) is 0 Å². The summed E-state index contributed by atoms with van der Waals surface area (Å²) in [5.74, 6) is 0. The molecule has 0 spiro atoms. The molecule has 0 aromatic rings. The van der Waals surface area contributed by atoms with Gasteiger partial charge in [0, 0.05) is 18.0 Å². The number of likely N-dealkylation sites (N-methyl/N-ethyl adjacent to an activating group) is 2. The molecule has 4 heteroatoms. The molecular formula is C15H31N3S. The van der Waals surface area contributed by atoms with Gasteiger partial charge >= 0.3 is 0 Å². The molecule has 19 heavy (non-hydrogen) atoms. The van der Waals surface area contributed by atoms with Crippen molar-refractivity contribution in [3.05, 3.63) is 0 Å². The van der Waals surface area contributed by atoms with Crippen molar-refractivity contribution in [3.8, 4) is 0 Å². The number of rotatable bonds is 8. The number of likely N-dealkylation sites (tertiary alicyclic amines) is 1. The molecule has 112 valence electrons. The van der Waals surface area contributed by atoms with Crippen LogP contribution in [0.1, 0.15) is 46.5 Å². The van der Waals surface area contributed by atoms with Gasteiger partial charge in [0.1, 0.15) is 0 Å². The van der Waals surface area contributed by atoms with Crippen molar-refractivity contribution in [3.63, 3.8) is 0 Å². The highest BCUT2D eigenvalue weighted by Gasteiger charge is 2.24. The van der Waals surface area contributed by atoms with Gasteiger partial charge in [0.25, 0.3) is 0 Å². The van der Waals surface area contributed by atoms with Crippen LogP contribution in [0.15, 0.2) is 0 Å². The van der Waals surface area contributed by atoms with Crippen LogP contribution in [0, 0.1) is 5.41 Å². The molecular weight excluding hydrogens is 254 g/mol. The first kappa shape index (κ1) is 16.9. The number of nitrogens with zero attached hydrogens (tertiary/aromatic N) is 2. The minimum atomic E-state index is -0.00101. The minimum Gasteiger partial charge on any atom is -0.393 e. The van der Waals surface area contributed by atoms with Gasteiger partial charge in [0.15, 0.2) is 0 Å². The predicted molar refractivity (Wildman–Crippen MR) is 87.6 cm³/mol. The summed E-state index contributed by atoms with van der Waals surface area (Å²) in [6.45, 7) is 11.4. The third-order valence-corrected chi connectivity index (χ3v) is 4.99. The van der Waals surface area contributed by atoms with Gasteiger partial charge in [-0.25, -0.2) is 0 Å². The summed E-state index contributed by atoms with van der Waals surface area (Å²) in [6.07, 6.45) is 4.96. The zero-order valence-corrected chi connectivity index (χ0v) is 13.9. The van der Waals surface area contributed by atoms with Crippen LogP contribution in [0.2, 0.25) is 0 Å². The lowest BCUT2D eigenvalue weighted by atomic mass is 9.88. The topological polar surface area (TPSA) is 32.5 Å². The lowest BCUT2D eigenvalue weighted by Gasteiger charge is -2.29. The molecule has 1 unspecified atom stereocenters. The summed E-state index contributed by atoms with van der Waals surface area (Å²) in [5, 5.41) is 0. The van der Waals surface area contributed by atoms with Crippen LogP contribution < -0.4 is 5.73 Å². The molecule has 0 bridgehead atoms. The summed E-state index contributed by atoms with van der Waals surface area (Å²) < 4.78 is 0. The third kappa shape index (κ3) is 5.36. The van der Waals surface area contributed by atoms with Crippen LogP contribution in [0.5, 0.6) is 0 Å². The van der Waals surface area contributed by atoms with Crippen LogP contribution in [-0.4, -0.2) is 54.1 Å². The van der Waals surface area contributed by atoms with Crippen molar-refractivity contribution in [2.45, 2.75) is 52.5 Å². The molecule has 0 amide bonds. The molecule has 1 atom stereocenters. The highest BCUT2D eigenvalue weighted by Crippen LogP contribution is 2.23. The maximum absolute atomic E-state index is 5.77. The predicted octanol–water partition coefficient (Wildman–Crippen LogP) is 2.50. The van der Waals surface area contributed by atoms with E-state index in [4.69, 9.17) is 18.0 Å². The Morgan fingerprint density at radius 3 is 2.74 bits per heavy atom. The first-order valence-corrected chi connectivity index (χ1v) is 8.00. The van der Waals surface area contributed by atoms with E-state index >= 15 is 0 Å². The maximum atomic E-state index is 5.77. The second-order valence-electron chi connectivity index (χ2n) is 6.54. The summed E-state index contributed by atoms with van der Waals surface area (Å²) in [6, 6.07) is 0.763. The Labute approximate surface area is 124 Å². The smallest absolute Gasteiger partial charge is 0.0784 e. The fourth-order valence-corrected chi connectivity index (χ4v) is 2.99. The van der Waals surface area contributed by atoms with E-state index < -0.39 is 0 Å². The molecule has 3 nitrogen and oxygen atoms in total. The van der Waals surface area contributed by atoms with E-state index in [2.05, 4.69) is 37.6 Å². The number of hydrogen-bond acceptors (Lipinski definition) is 3. The Balaban J connectivity index is 2.24. The van der Waals surface area contributed by atoms with Crippen LogP contribution in [0.25, 0.3) is 0 Å². The molecule has 0 aromatic carbocycles. The molecule has 1 aliphatic heterocycles. The fourth-order valence-electron chi connectivity index (χ4n) is 2.88. The Kier molecular flexibility index (Phi) is 6.71. The van der Waals surface area contributed by atoms with E-state index in [1.807, 2.05) is 0 Å². The zero-order chi connectivity index (χ0) is 14.5. The first-order chi connectivity index (χ1) is 8.86. The lowest BCUT2D eigenvalue weighted by molar-refractivity contribution is 0.194. The van der Waals surface area contributed by atoms with E-state index in [9.17, 15) is 0 Å². The summed E-state index contributed by atoms with van der Waals surface area (Å²) in [5.41, 5.74) is 5.77. The van der Waals surface area contributed by atoms with Crippen LogP contribution in [0.4, 0.5) is 0 Å². The summed E-state index contributed by atoms with van der Waals surface area (Å²) in [4.78, 5) is 5.71. The highest BCUT2D eigenvalue weighted by atomic mass is 32.1. The highest BCUT2D eigenvalue weighted by molar-refractivity contribution is 7.80. The third-order valence-electron chi connectivity index (χ3n) is 4.44. The van der Waals surface area contributed by atoms with Crippen LogP contribution in [0.3, 0.4) is 0 Å². The van der Waals surface area contributed by atoms with Crippen LogP contribution >= 0.6 is 12.2 Å². The number of nitrogens with two attached hydrogens (primary N) is 1. The van der Waals surface area contributed by atoms with Crippen molar-refractivity contribution in [2.24, 2.45) is 11.1 Å². The molecule has 1 saturated heterocycles. The van der Waals surface area contributed by atoms with Gasteiger partial charge < -0.3 is 10.6 Å². The first-order valence-electron chi connectivity index (χ1n) is 7.59. The average molecular weight is 286 g/mol. The Bertz CT molecular complexity index is 291. The molecule has 0 saturated carbocycles. The molecule has 1 rings (SSSR count). The van der Waals surface area contributed by atoms with Gasteiger partial charge in [-0.2, -0.15) is 0 Å². The normalized spacial score (nSPS) is 21.2. The molecule has 0 aliphatic carbocycles. The van der Waals surface area contributed by atoms with E-state index in [0.29, 0.717) is 4.99 Å². The number of hydrogen-bond donors (Lipinski definition) is 1. The Morgan fingerprint density at radius 2 is 2.16 bits per heavy atom. The summed E-state index contributed by atoms with van der Waals surface area (Å²) in [7, 11) is 2.24. The number of thiocarbonyl (C=S) groups is 1. The minimum absolute atomic E-state index is 0.00101. The average Bonchev–Trinajstić information content (AvgIpc) is 2.75. The Morgan fingerprint density at radius 1 is 1.47 bits per heavy atom. The molecule has 1 heterocycles. The quantitative estimate of drug-likeness (QED) is 0.695. The van der Waals surface area contributed by atoms with Gasteiger partial charge in [-0.3, -0.25) is 4.90 Å². The van der Waals surface area contributed by atoms with Crippen molar-refractivity contribution >= 4 is 17.2 Å². The second kappa shape index (κ2) is 7.55. The van der Waals surface area contributed by atoms with Gasteiger partial charge in [-0.1, -0.05) is 33.0 Å². The second-order valence-corrected chi connectivity index (χ2v) is 6.98. The van der Waals surface area contributed by atoms with Crippen molar-refractivity contribution in [1.82, 2.24) is 9.80 Å². The van der Waals surface area contributed by atoms with E-state index in [1.165, 1.54) is 38.9 Å².